The van der Waals surface area contributed by atoms with Crippen LogP contribution >= 0.6 is 11.6 Å². The van der Waals surface area contributed by atoms with E-state index < -0.39 is 9.84 Å². The molecule has 0 aliphatic rings. The van der Waals surface area contributed by atoms with Crippen molar-refractivity contribution in [2.45, 2.75) is 10.8 Å². The van der Waals surface area contributed by atoms with Crippen molar-refractivity contribution in [1.82, 2.24) is 9.97 Å². The first kappa shape index (κ1) is 14.0. The molecule has 0 aliphatic heterocycles. The maximum atomic E-state index is 12.4. The Morgan fingerprint density at radius 1 is 0.952 bits per heavy atom. The van der Waals surface area contributed by atoms with Gasteiger partial charge in [0.25, 0.3) is 0 Å². The van der Waals surface area contributed by atoms with Gasteiger partial charge in [-0.15, -0.1) is 0 Å². The lowest BCUT2D eigenvalue weighted by molar-refractivity contribution is 0.591. The number of fused-ring (bicyclic) bond motifs is 1. The Bertz CT molecular complexity index is 893. The molecule has 1 heterocycles. The summed E-state index contributed by atoms with van der Waals surface area (Å²) in [5.74, 6) is -0.128. The van der Waals surface area contributed by atoms with Crippen LogP contribution in [0.2, 0.25) is 5.02 Å². The van der Waals surface area contributed by atoms with Gasteiger partial charge in [-0.1, -0.05) is 35.9 Å². The van der Waals surface area contributed by atoms with Gasteiger partial charge in [0.05, 0.1) is 23.0 Å². The molecule has 0 fully saturated rings. The maximum absolute atomic E-state index is 12.4. The molecule has 106 valence electrons. The number of para-hydroxylation sites is 2. The van der Waals surface area contributed by atoms with Gasteiger partial charge < -0.3 is 0 Å². The zero-order chi connectivity index (χ0) is 14.9. The van der Waals surface area contributed by atoms with Crippen molar-refractivity contribution in [2.75, 3.05) is 0 Å². The number of aromatic nitrogens is 2. The van der Waals surface area contributed by atoms with E-state index in [0.717, 1.165) is 0 Å². The molecule has 0 atom stereocenters. The molecule has 0 bridgehead atoms. The summed E-state index contributed by atoms with van der Waals surface area (Å²) in [5, 5.41) is 0.554. The zero-order valence-electron chi connectivity index (χ0n) is 10.9. The smallest absolute Gasteiger partial charge is 0.201 e. The van der Waals surface area contributed by atoms with Gasteiger partial charge in [-0.2, -0.15) is 0 Å². The summed E-state index contributed by atoms with van der Waals surface area (Å²) in [4.78, 5) is 8.32. The number of halogens is 1. The molecule has 0 saturated heterocycles. The molecular weight excluding hydrogens is 308 g/mol. The lowest BCUT2D eigenvalue weighted by atomic mass is 10.2. The number of sulfone groups is 1. The maximum Gasteiger partial charge on any atom is 0.201 e. The average molecular weight is 319 g/mol. The lowest BCUT2D eigenvalue weighted by Crippen LogP contribution is -2.07. The second kappa shape index (κ2) is 5.42. The molecule has 3 rings (SSSR count). The van der Waals surface area contributed by atoms with E-state index in [1.54, 1.807) is 42.5 Å². The van der Waals surface area contributed by atoms with Crippen LogP contribution in [0.1, 0.15) is 5.56 Å². The Morgan fingerprint density at radius 2 is 1.62 bits per heavy atom. The number of hydrogen-bond acceptors (Lipinski definition) is 4. The van der Waals surface area contributed by atoms with Gasteiger partial charge in [-0.3, -0.25) is 4.98 Å². The van der Waals surface area contributed by atoms with E-state index in [-0.39, 0.29) is 10.8 Å². The van der Waals surface area contributed by atoms with Crippen LogP contribution in [-0.4, -0.2) is 18.4 Å². The van der Waals surface area contributed by atoms with Gasteiger partial charge in [-0.25, -0.2) is 13.4 Å². The molecule has 0 spiro atoms. The normalized spacial score (nSPS) is 11.7. The summed E-state index contributed by atoms with van der Waals surface area (Å²) in [7, 11) is -3.53. The summed E-state index contributed by atoms with van der Waals surface area (Å²) in [5.41, 5.74) is 1.90. The van der Waals surface area contributed by atoms with Crippen LogP contribution in [-0.2, 0) is 15.6 Å². The highest BCUT2D eigenvalue weighted by molar-refractivity contribution is 7.90. The summed E-state index contributed by atoms with van der Waals surface area (Å²) >= 11 is 5.79. The van der Waals surface area contributed by atoms with E-state index in [1.807, 2.05) is 6.07 Å². The van der Waals surface area contributed by atoms with Crippen LogP contribution in [0, 0.1) is 0 Å². The van der Waals surface area contributed by atoms with Crippen LogP contribution in [0.15, 0.2) is 59.8 Å². The van der Waals surface area contributed by atoms with E-state index >= 15 is 0 Å². The fraction of sp³-hybridized carbons (Fsp3) is 0.0667. The van der Waals surface area contributed by atoms with Gasteiger partial charge in [0.2, 0.25) is 9.84 Å². The second-order valence-electron chi connectivity index (χ2n) is 4.58. The minimum atomic E-state index is -3.53. The van der Waals surface area contributed by atoms with Crippen molar-refractivity contribution in [3.05, 3.63) is 65.3 Å². The molecule has 6 heteroatoms. The molecule has 0 unspecified atom stereocenters. The lowest BCUT2D eigenvalue weighted by Gasteiger charge is -2.05. The molecule has 0 amide bonds. The van der Waals surface area contributed by atoms with Gasteiger partial charge in [0.15, 0.2) is 5.03 Å². The average Bonchev–Trinajstić information content (AvgIpc) is 2.49. The highest BCUT2D eigenvalue weighted by Crippen LogP contribution is 2.18. The Labute approximate surface area is 127 Å². The summed E-state index contributed by atoms with van der Waals surface area (Å²) < 4.78 is 24.8. The van der Waals surface area contributed by atoms with Gasteiger partial charge in [-0.05, 0) is 29.8 Å². The minimum absolute atomic E-state index is 0.0175. The third-order valence-electron chi connectivity index (χ3n) is 3.02. The molecule has 0 aliphatic carbocycles. The highest BCUT2D eigenvalue weighted by atomic mass is 35.5. The second-order valence-corrected chi connectivity index (χ2v) is 6.96. The minimum Gasteiger partial charge on any atom is -0.252 e. The first-order valence-electron chi connectivity index (χ1n) is 6.24. The van der Waals surface area contributed by atoms with Gasteiger partial charge in [0.1, 0.15) is 0 Å². The number of benzene rings is 2. The van der Waals surface area contributed by atoms with Crippen molar-refractivity contribution in [2.24, 2.45) is 0 Å². The van der Waals surface area contributed by atoms with E-state index in [1.165, 1.54) is 6.20 Å². The van der Waals surface area contributed by atoms with E-state index in [0.29, 0.717) is 21.6 Å². The standard InChI is InChI=1S/C15H11ClN2O2S/c16-12-7-5-11(6-8-12)10-21(19,20)15-9-17-13-3-1-2-4-14(13)18-15/h1-9H,10H2. The topological polar surface area (TPSA) is 59.9 Å². The highest BCUT2D eigenvalue weighted by Gasteiger charge is 2.18. The molecule has 1 aromatic heterocycles. The molecule has 3 aromatic rings. The van der Waals surface area contributed by atoms with Crippen molar-refractivity contribution >= 4 is 32.5 Å². The Hall–Kier alpha value is -1.98. The van der Waals surface area contributed by atoms with Crippen molar-refractivity contribution in [1.29, 1.82) is 0 Å². The predicted octanol–water partition coefficient (Wildman–Crippen LogP) is 3.26. The summed E-state index contributed by atoms with van der Waals surface area (Å²) in [6, 6.07) is 13.9. The van der Waals surface area contributed by atoms with E-state index in [9.17, 15) is 8.42 Å². The third kappa shape index (κ3) is 3.04. The summed E-state index contributed by atoms with van der Waals surface area (Å²) in [6.07, 6.45) is 1.30. The first-order chi connectivity index (χ1) is 10.0. The fourth-order valence-corrected chi connectivity index (χ4v) is 3.32. The predicted molar refractivity (Wildman–Crippen MR) is 81.9 cm³/mol. The quantitative estimate of drug-likeness (QED) is 0.743. The van der Waals surface area contributed by atoms with Crippen molar-refractivity contribution < 1.29 is 8.42 Å². The summed E-state index contributed by atoms with van der Waals surface area (Å²) in [6.45, 7) is 0. The molecule has 2 aromatic carbocycles. The largest absolute Gasteiger partial charge is 0.252 e. The molecule has 4 nitrogen and oxygen atoms in total. The van der Waals surface area contributed by atoms with Crippen LogP contribution in [0.25, 0.3) is 11.0 Å². The Balaban J connectivity index is 1.97. The van der Waals surface area contributed by atoms with E-state index in [4.69, 9.17) is 11.6 Å². The first-order valence-corrected chi connectivity index (χ1v) is 8.27. The van der Waals surface area contributed by atoms with Crippen LogP contribution < -0.4 is 0 Å². The van der Waals surface area contributed by atoms with Crippen LogP contribution in [0.4, 0.5) is 0 Å². The zero-order valence-corrected chi connectivity index (χ0v) is 12.5. The molecule has 0 saturated carbocycles. The van der Waals surface area contributed by atoms with Crippen molar-refractivity contribution in [3.8, 4) is 0 Å². The number of hydrogen-bond donors (Lipinski definition) is 0. The molecule has 21 heavy (non-hydrogen) atoms. The fourth-order valence-electron chi connectivity index (χ4n) is 1.96. The van der Waals surface area contributed by atoms with Gasteiger partial charge in [0, 0.05) is 5.02 Å². The monoisotopic (exact) mass is 318 g/mol. The molecule has 0 N–H and O–H groups in total. The van der Waals surface area contributed by atoms with E-state index in [2.05, 4.69) is 9.97 Å². The third-order valence-corrected chi connectivity index (χ3v) is 4.81. The molecular formula is C15H11ClN2O2S. The Kier molecular flexibility index (Phi) is 3.61. The van der Waals surface area contributed by atoms with Crippen LogP contribution in [0.5, 0.6) is 0 Å². The SMILES string of the molecule is O=S(=O)(Cc1ccc(Cl)cc1)c1cnc2ccccc2n1. The van der Waals surface area contributed by atoms with Gasteiger partial charge >= 0.3 is 0 Å². The Morgan fingerprint density at radius 3 is 2.33 bits per heavy atom. The van der Waals surface area contributed by atoms with Crippen LogP contribution in [0.3, 0.4) is 0 Å². The number of rotatable bonds is 3. The molecule has 0 radical (unpaired) electrons. The van der Waals surface area contributed by atoms with Crippen molar-refractivity contribution in [3.63, 3.8) is 0 Å². The number of nitrogens with zero attached hydrogens (tertiary/aromatic N) is 2.